The first kappa shape index (κ1) is 17.0. The van der Waals surface area contributed by atoms with Crippen molar-refractivity contribution in [2.75, 3.05) is 40.0 Å². The number of hydrogen-bond donors (Lipinski definition) is 1. The van der Waals surface area contributed by atoms with Crippen LogP contribution in [0.4, 0.5) is 0 Å². The molecule has 3 atom stereocenters. The molecule has 23 heavy (non-hydrogen) atoms. The van der Waals surface area contributed by atoms with Gasteiger partial charge in [0.25, 0.3) is 0 Å². The molecular formula is C18H33N3O2. The van der Waals surface area contributed by atoms with Crippen LogP contribution in [0.15, 0.2) is 4.99 Å². The van der Waals surface area contributed by atoms with Gasteiger partial charge in [-0.25, -0.2) is 0 Å². The second-order valence-electron chi connectivity index (χ2n) is 7.93. The minimum absolute atomic E-state index is 0.180. The normalized spacial score (nSPS) is 32.3. The fraction of sp³-hybridized carbons (Fsp3) is 0.944. The zero-order valence-corrected chi connectivity index (χ0v) is 15.2. The Balaban J connectivity index is 1.50. The van der Waals surface area contributed by atoms with E-state index in [-0.39, 0.29) is 5.41 Å². The van der Waals surface area contributed by atoms with Crippen LogP contribution in [0.25, 0.3) is 0 Å². The molecule has 0 radical (unpaired) electrons. The quantitative estimate of drug-likeness (QED) is 0.443. The van der Waals surface area contributed by atoms with E-state index in [4.69, 9.17) is 9.47 Å². The molecule has 0 amide bonds. The molecule has 3 unspecified atom stereocenters. The molecule has 3 fully saturated rings. The Morgan fingerprint density at radius 3 is 2.83 bits per heavy atom. The van der Waals surface area contributed by atoms with Crippen molar-refractivity contribution < 1.29 is 9.47 Å². The molecule has 132 valence electrons. The summed E-state index contributed by atoms with van der Waals surface area (Å²) in [5.41, 5.74) is 0.180. The van der Waals surface area contributed by atoms with Crippen LogP contribution in [-0.2, 0) is 9.47 Å². The van der Waals surface area contributed by atoms with Crippen LogP contribution in [-0.4, -0.2) is 63.0 Å². The van der Waals surface area contributed by atoms with Crippen molar-refractivity contribution in [3.05, 3.63) is 0 Å². The Morgan fingerprint density at radius 1 is 1.35 bits per heavy atom. The first-order valence-corrected chi connectivity index (χ1v) is 9.25. The molecule has 0 bridgehead atoms. The third-order valence-corrected chi connectivity index (χ3v) is 5.68. The number of nitrogens with zero attached hydrogens (tertiary/aromatic N) is 2. The molecular weight excluding hydrogens is 290 g/mol. The number of aliphatic imine (C=N–C) groups is 1. The van der Waals surface area contributed by atoms with Crippen molar-refractivity contribution in [1.29, 1.82) is 0 Å². The first-order valence-electron chi connectivity index (χ1n) is 9.25. The average molecular weight is 323 g/mol. The lowest BCUT2D eigenvalue weighted by Gasteiger charge is -2.55. The highest BCUT2D eigenvalue weighted by Crippen LogP contribution is 2.52. The van der Waals surface area contributed by atoms with Gasteiger partial charge in [0.15, 0.2) is 5.96 Å². The van der Waals surface area contributed by atoms with E-state index < -0.39 is 0 Å². The van der Waals surface area contributed by atoms with Gasteiger partial charge in [0, 0.05) is 50.7 Å². The Kier molecular flexibility index (Phi) is 5.16. The fourth-order valence-corrected chi connectivity index (χ4v) is 4.02. The Labute approximate surface area is 140 Å². The Hall–Kier alpha value is -0.810. The second kappa shape index (κ2) is 6.98. The minimum atomic E-state index is 0.180. The molecule has 3 aliphatic rings. The van der Waals surface area contributed by atoms with E-state index in [1.165, 1.54) is 19.3 Å². The predicted octanol–water partition coefficient (Wildman–Crippen LogP) is 2.12. The Bertz CT molecular complexity index is 434. The van der Waals surface area contributed by atoms with Crippen molar-refractivity contribution in [2.45, 2.75) is 52.2 Å². The van der Waals surface area contributed by atoms with Gasteiger partial charge in [-0.1, -0.05) is 13.8 Å². The van der Waals surface area contributed by atoms with Crippen LogP contribution in [0.5, 0.6) is 0 Å². The second-order valence-corrected chi connectivity index (χ2v) is 7.93. The summed E-state index contributed by atoms with van der Waals surface area (Å²) in [6, 6.07) is 0.454. The SMILES string of the molecule is CCN=C(NC1C2CCOC2C1(C)C)N(C)CCOCC1CC1. The number of hydrogen-bond acceptors (Lipinski definition) is 3. The minimum Gasteiger partial charge on any atom is -0.379 e. The van der Waals surface area contributed by atoms with Gasteiger partial charge >= 0.3 is 0 Å². The molecule has 0 aromatic heterocycles. The number of rotatable bonds is 7. The van der Waals surface area contributed by atoms with E-state index in [1.807, 2.05) is 0 Å². The summed E-state index contributed by atoms with van der Waals surface area (Å²) in [4.78, 5) is 6.89. The molecule has 1 saturated heterocycles. The summed E-state index contributed by atoms with van der Waals surface area (Å²) in [5, 5.41) is 3.72. The maximum Gasteiger partial charge on any atom is 0.193 e. The molecule has 1 aliphatic heterocycles. The van der Waals surface area contributed by atoms with Crippen molar-refractivity contribution in [3.8, 4) is 0 Å². The van der Waals surface area contributed by atoms with Gasteiger partial charge < -0.3 is 19.7 Å². The molecule has 2 aliphatic carbocycles. The molecule has 2 saturated carbocycles. The summed E-state index contributed by atoms with van der Waals surface area (Å²) >= 11 is 0. The smallest absolute Gasteiger partial charge is 0.193 e. The lowest BCUT2D eigenvalue weighted by atomic mass is 9.57. The molecule has 1 N–H and O–H groups in total. The van der Waals surface area contributed by atoms with Gasteiger partial charge in [-0.3, -0.25) is 4.99 Å². The number of guanidine groups is 1. The third-order valence-electron chi connectivity index (χ3n) is 5.68. The van der Waals surface area contributed by atoms with Gasteiger partial charge in [-0.2, -0.15) is 0 Å². The van der Waals surface area contributed by atoms with E-state index in [9.17, 15) is 0 Å². The standard InChI is InChI=1S/C18H33N3O2/c1-5-19-17(21(4)9-11-22-12-13-6-7-13)20-15-14-8-10-23-16(14)18(15,2)3/h13-16H,5-12H2,1-4H3,(H,19,20). The maximum absolute atomic E-state index is 5.89. The molecule has 5 nitrogen and oxygen atoms in total. The van der Waals surface area contributed by atoms with Crippen LogP contribution < -0.4 is 5.32 Å². The van der Waals surface area contributed by atoms with E-state index in [2.05, 4.69) is 43.0 Å². The number of ether oxygens (including phenoxy) is 2. The van der Waals surface area contributed by atoms with Crippen LogP contribution in [0.2, 0.25) is 0 Å². The monoisotopic (exact) mass is 323 g/mol. The lowest BCUT2D eigenvalue weighted by Crippen LogP contribution is -2.68. The molecule has 1 heterocycles. The summed E-state index contributed by atoms with van der Waals surface area (Å²) in [6.07, 6.45) is 4.28. The number of fused-ring (bicyclic) bond motifs is 1. The van der Waals surface area contributed by atoms with E-state index in [0.29, 0.717) is 18.1 Å². The molecule has 5 heteroatoms. The van der Waals surface area contributed by atoms with Crippen molar-refractivity contribution in [2.24, 2.45) is 22.2 Å². The van der Waals surface area contributed by atoms with E-state index >= 15 is 0 Å². The van der Waals surface area contributed by atoms with Crippen LogP contribution in [0, 0.1) is 17.3 Å². The third kappa shape index (κ3) is 3.66. The number of nitrogens with one attached hydrogen (secondary N) is 1. The van der Waals surface area contributed by atoms with E-state index in [1.54, 1.807) is 0 Å². The maximum atomic E-state index is 5.89. The molecule has 3 rings (SSSR count). The van der Waals surface area contributed by atoms with Crippen LogP contribution >= 0.6 is 0 Å². The Morgan fingerprint density at radius 2 is 2.13 bits per heavy atom. The zero-order valence-electron chi connectivity index (χ0n) is 15.2. The largest absolute Gasteiger partial charge is 0.379 e. The van der Waals surface area contributed by atoms with Crippen molar-refractivity contribution >= 4 is 5.96 Å². The lowest BCUT2D eigenvalue weighted by molar-refractivity contribution is -0.107. The number of likely N-dealkylation sites (N-methyl/N-ethyl adjacent to an activating group) is 1. The van der Waals surface area contributed by atoms with Gasteiger partial charge in [-0.15, -0.1) is 0 Å². The summed E-state index contributed by atoms with van der Waals surface area (Å²) < 4.78 is 11.7. The van der Waals surface area contributed by atoms with Gasteiger partial charge in [0.1, 0.15) is 0 Å². The van der Waals surface area contributed by atoms with Crippen molar-refractivity contribution in [1.82, 2.24) is 10.2 Å². The summed E-state index contributed by atoms with van der Waals surface area (Å²) in [6.45, 7) is 11.0. The average Bonchev–Trinajstić information content (AvgIpc) is 3.23. The van der Waals surface area contributed by atoms with Crippen molar-refractivity contribution in [3.63, 3.8) is 0 Å². The zero-order chi connectivity index (χ0) is 16.4. The predicted molar refractivity (Wildman–Crippen MR) is 92.7 cm³/mol. The highest BCUT2D eigenvalue weighted by atomic mass is 16.5. The molecule has 0 aromatic carbocycles. The summed E-state index contributed by atoms with van der Waals surface area (Å²) in [7, 11) is 2.11. The summed E-state index contributed by atoms with van der Waals surface area (Å²) in [5.74, 6) is 2.47. The van der Waals surface area contributed by atoms with E-state index in [0.717, 1.165) is 44.8 Å². The topological polar surface area (TPSA) is 46.1 Å². The highest BCUT2D eigenvalue weighted by molar-refractivity contribution is 5.80. The highest BCUT2D eigenvalue weighted by Gasteiger charge is 2.59. The van der Waals surface area contributed by atoms with Crippen LogP contribution in [0.3, 0.4) is 0 Å². The van der Waals surface area contributed by atoms with Gasteiger partial charge in [-0.05, 0) is 32.1 Å². The fourth-order valence-electron chi connectivity index (χ4n) is 4.02. The van der Waals surface area contributed by atoms with Crippen LogP contribution in [0.1, 0.15) is 40.0 Å². The van der Waals surface area contributed by atoms with Gasteiger partial charge in [0.05, 0.1) is 12.7 Å². The first-order chi connectivity index (χ1) is 11.0. The van der Waals surface area contributed by atoms with Gasteiger partial charge in [0.2, 0.25) is 0 Å². The molecule has 0 spiro atoms. The molecule has 0 aromatic rings.